The van der Waals surface area contributed by atoms with E-state index in [2.05, 4.69) is 4.90 Å². The Morgan fingerprint density at radius 3 is 2.26 bits per heavy atom. The summed E-state index contributed by atoms with van der Waals surface area (Å²) >= 11 is 0. The maximum atomic E-state index is 5.88. The highest BCUT2D eigenvalue weighted by molar-refractivity contribution is 5.51. The third kappa shape index (κ3) is 4.13. The van der Waals surface area contributed by atoms with E-state index in [0.717, 1.165) is 36.4 Å². The molecular weight excluding hydrogens is 236 g/mol. The summed E-state index contributed by atoms with van der Waals surface area (Å²) < 4.78 is 5.80. The Balaban J connectivity index is 1.44. The molecule has 0 saturated heterocycles. The van der Waals surface area contributed by atoms with Crippen LogP contribution in [-0.2, 0) is 0 Å². The van der Waals surface area contributed by atoms with Gasteiger partial charge in [0, 0.05) is 19.6 Å². The zero-order chi connectivity index (χ0) is 13.1. The number of para-hydroxylation sites is 2. The summed E-state index contributed by atoms with van der Waals surface area (Å²) in [5, 5.41) is 0. The van der Waals surface area contributed by atoms with Crippen molar-refractivity contribution in [1.29, 1.82) is 0 Å². The van der Waals surface area contributed by atoms with Crippen LogP contribution in [0.1, 0.15) is 25.7 Å². The second-order valence-electron chi connectivity index (χ2n) is 6.03. The molecule has 0 aromatic heterocycles. The molecule has 2 aliphatic carbocycles. The van der Waals surface area contributed by atoms with Crippen molar-refractivity contribution in [1.82, 2.24) is 4.90 Å². The van der Waals surface area contributed by atoms with E-state index in [1.54, 1.807) is 0 Å². The first-order chi connectivity index (χ1) is 9.31. The number of benzene rings is 1. The lowest BCUT2D eigenvalue weighted by molar-refractivity contribution is 0.197. The molecule has 104 valence electrons. The van der Waals surface area contributed by atoms with Crippen LogP contribution in [-0.4, -0.2) is 31.1 Å². The van der Waals surface area contributed by atoms with E-state index in [4.69, 9.17) is 10.5 Å². The summed E-state index contributed by atoms with van der Waals surface area (Å²) in [7, 11) is 0. The number of nitrogen functional groups attached to an aromatic ring is 1. The molecule has 0 spiro atoms. The molecule has 0 bridgehead atoms. The fourth-order valence-corrected chi connectivity index (χ4v) is 2.48. The highest BCUT2D eigenvalue weighted by atomic mass is 16.5. The molecule has 0 atom stereocenters. The lowest BCUT2D eigenvalue weighted by Gasteiger charge is -2.22. The third-order valence-electron chi connectivity index (χ3n) is 4.01. The van der Waals surface area contributed by atoms with E-state index in [1.165, 1.54) is 38.8 Å². The van der Waals surface area contributed by atoms with Crippen molar-refractivity contribution in [2.75, 3.05) is 32.0 Å². The Morgan fingerprint density at radius 1 is 1.05 bits per heavy atom. The van der Waals surface area contributed by atoms with Gasteiger partial charge in [0.25, 0.3) is 0 Å². The number of nitrogens with two attached hydrogens (primary N) is 1. The predicted molar refractivity (Wildman–Crippen MR) is 78.2 cm³/mol. The molecule has 0 heterocycles. The van der Waals surface area contributed by atoms with Gasteiger partial charge >= 0.3 is 0 Å². The maximum absolute atomic E-state index is 5.88. The molecule has 1 aromatic carbocycles. The van der Waals surface area contributed by atoms with Gasteiger partial charge in [-0.25, -0.2) is 0 Å². The van der Waals surface area contributed by atoms with Crippen LogP contribution < -0.4 is 10.5 Å². The smallest absolute Gasteiger partial charge is 0.142 e. The second kappa shape index (κ2) is 5.83. The van der Waals surface area contributed by atoms with E-state index in [-0.39, 0.29) is 0 Å². The number of ether oxygens (including phenoxy) is 1. The summed E-state index contributed by atoms with van der Waals surface area (Å²) in [4.78, 5) is 2.59. The largest absolute Gasteiger partial charge is 0.490 e. The number of hydrogen-bond acceptors (Lipinski definition) is 3. The van der Waals surface area contributed by atoms with Crippen LogP contribution in [0.2, 0.25) is 0 Å². The Hall–Kier alpha value is -1.22. The lowest BCUT2D eigenvalue weighted by atomic mass is 10.3. The van der Waals surface area contributed by atoms with E-state index < -0.39 is 0 Å². The molecule has 2 aliphatic rings. The third-order valence-corrected chi connectivity index (χ3v) is 4.01. The van der Waals surface area contributed by atoms with Gasteiger partial charge in [-0.1, -0.05) is 12.1 Å². The van der Waals surface area contributed by atoms with Crippen LogP contribution in [0.15, 0.2) is 24.3 Å². The predicted octanol–water partition coefficient (Wildman–Crippen LogP) is 2.77. The van der Waals surface area contributed by atoms with Crippen molar-refractivity contribution in [2.45, 2.75) is 25.7 Å². The van der Waals surface area contributed by atoms with E-state index >= 15 is 0 Å². The molecule has 2 N–H and O–H groups in total. The van der Waals surface area contributed by atoms with Crippen LogP contribution in [0.4, 0.5) is 5.69 Å². The first-order valence-corrected chi connectivity index (χ1v) is 7.51. The van der Waals surface area contributed by atoms with Gasteiger partial charge in [-0.2, -0.15) is 0 Å². The monoisotopic (exact) mass is 260 g/mol. The molecule has 3 heteroatoms. The number of anilines is 1. The molecule has 0 radical (unpaired) electrons. The molecule has 2 fully saturated rings. The van der Waals surface area contributed by atoms with Crippen molar-refractivity contribution < 1.29 is 4.74 Å². The summed E-state index contributed by atoms with van der Waals surface area (Å²) in [6, 6.07) is 7.75. The van der Waals surface area contributed by atoms with E-state index in [1.807, 2.05) is 24.3 Å². The van der Waals surface area contributed by atoms with Gasteiger partial charge in [0.2, 0.25) is 0 Å². The average Bonchev–Trinajstić information content (AvgIpc) is 3.27. The SMILES string of the molecule is Nc1ccccc1OCCN(CC1CC1)CC1CC1. The first-order valence-electron chi connectivity index (χ1n) is 7.51. The van der Waals surface area contributed by atoms with Crippen LogP contribution in [0, 0.1) is 11.8 Å². The standard InChI is InChI=1S/C16H24N2O/c17-15-3-1-2-4-16(15)19-10-9-18(11-13-5-6-13)12-14-7-8-14/h1-4,13-14H,5-12,17H2. The molecule has 0 unspecified atom stereocenters. The Labute approximate surface area is 115 Å². The van der Waals surface area contributed by atoms with Crippen LogP contribution in [0.3, 0.4) is 0 Å². The Kier molecular flexibility index (Phi) is 3.92. The maximum Gasteiger partial charge on any atom is 0.142 e. The highest BCUT2D eigenvalue weighted by Crippen LogP contribution is 2.33. The van der Waals surface area contributed by atoms with Crippen LogP contribution >= 0.6 is 0 Å². The minimum atomic E-state index is 0.735. The molecular formula is C16H24N2O. The van der Waals surface area contributed by atoms with Gasteiger partial charge < -0.3 is 10.5 Å². The summed E-state index contributed by atoms with van der Waals surface area (Å²) in [6.07, 6.45) is 5.70. The molecule has 0 amide bonds. The van der Waals surface area contributed by atoms with Crippen LogP contribution in [0.25, 0.3) is 0 Å². The minimum absolute atomic E-state index is 0.735. The molecule has 2 saturated carbocycles. The van der Waals surface area contributed by atoms with Crippen molar-refractivity contribution in [3.05, 3.63) is 24.3 Å². The summed E-state index contributed by atoms with van der Waals surface area (Å²) in [5.41, 5.74) is 6.61. The quantitative estimate of drug-likeness (QED) is 0.730. The Bertz CT molecular complexity index is 399. The van der Waals surface area contributed by atoms with Crippen LogP contribution in [0.5, 0.6) is 5.75 Å². The van der Waals surface area contributed by atoms with Gasteiger partial charge in [-0.05, 0) is 49.7 Å². The zero-order valence-corrected chi connectivity index (χ0v) is 11.6. The van der Waals surface area contributed by atoms with E-state index in [9.17, 15) is 0 Å². The minimum Gasteiger partial charge on any atom is -0.490 e. The normalized spacial score (nSPS) is 18.8. The first kappa shape index (κ1) is 12.8. The Morgan fingerprint density at radius 2 is 1.68 bits per heavy atom. The molecule has 3 rings (SSSR count). The van der Waals surface area contributed by atoms with Crippen molar-refractivity contribution in [2.24, 2.45) is 11.8 Å². The van der Waals surface area contributed by atoms with Crippen molar-refractivity contribution >= 4 is 5.69 Å². The fourth-order valence-electron chi connectivity index (χ4n) is 2.48. The summed E-state index contributed by atoms with van der Waals surface area (Å²) in [5.74, 6) is 2.74. The highest BCUT2D eigenvalue weighted by Gasteiger charge is 2.28. The van der Waals surface area contributed by atoms with E-state index in [0.29, 0.717) is 0 Å². The van der Waals surface area contributed by atoms with Crippen molar-refractivity contribution in [3.63, 3.8) is 0 Å². The number of nitrogens with zero attached hydrogens (tertiary/aromatic N) is 1. The average molecular weight is 260 g/mol. The summed E-state index contributed by atoms with van der Waals surface area (Å²) in [6.45, 7) is 4.31. The van der Waals surface area contributed by atoms with Gasteiger partial charge in [-0.15, -0.1) is 0 Å². The molecule has 1 aromatic rings. The van der Waals surface area contributed by atoms with Gasteiger partial charge in [0.1, 0.15) is 12.4 Å². The van der Waals surface area contributed by atoms with Crippen molar-refractivity contribution in [3.8, 4) is 5.75 Å². The number of rotatable bonds is 8. The molecule has 0 aliphatic heterocycles. The van der Waals surface area contributed by atoms with Gasteiger partial charge in [0.15, 0.2) is 0 Å². The number of hydrogen-bond donors (Lipinski definition) is 1. The second-order valence-corrected chi connectivity index (χ2v) is 6.03. The van der Waals surface area contributed by atoms with Gasteiger partial charge in [0.05, 0.1) is 5.69 Å². The molecule has 19 heavy (non-hydrogen) atoms. The lowest BCUT2D eigenvalue weighted by Crippen LogP contribution is -2.32. The topological polar surface area (TPSA) is 38.5 Å². The molecule has 3 nitrogen and oxygen atoms in total. The fraction of sp³-hybridized carbons (Fsp3) is 0.625. The zero-order valence-electron chi connectivity index (χ0n) is 11.6. The van der Waals surface area contributed by atoms with Gasteiger partial charge in [-0.3, -0.25) is 4.90 Å².